The summed E-state index contributed by atoms with van der Waals surface area (Å²) in [6, 6.07) is 9.94. The number of rotatable bonds is 5. The van der Waals surface area contributed by atoms with Crippen LogP contribution in [0.4, 0.5) is 0 Å². The normalized spacial score (nSPS) is 16.8. The molecule has 1 aliphatic heterocycles. The topological polar surface area (TPSA) is 78.0 Å². The average molecular weight is 325 g/mol. The first-order valence-electron chi connectivity index (χ1n) is 8.05. The van der Waals surface area contributed by atoms with Crippen molar-refractivity contribution in [2.75, 3.05) is 7.11 Å². The molecule has 0 fully saturated rings. The Morgan fingerprint density at radius 2 is 2.17 bits per heavy atom. The van der Waals surface area contributed by atoms with Gasteiger partial charge in [-0.3, -0.25) is 4.68 Å². The lowest BCUT2D eigenvalue weighted by Gasteiger charge is -2.23. The average Bonchev–Trinajstić information content (AvgIpc) is 3.29. The van der Waals surface area contributed by atoms with E-state index in [1.807, 2.05) is 30.5 Å². The number of aromatic nitrogens is 4. The minimum Gasteiger partial charge on any atom is -0.497 e. The summed E-state index contributed by atoms with van der Waals surface area (Å²) in [6.45, 7) is 1.53. The van der Waals surface area contributed by atoms with Gasteiger partial charge in [-0.05, 0) is 43.2 Å². The first kappa shape index (κ1) is 14.9. The fourth-order valence-electron chi connectivity index (χ4n) is 3.02. The highest BCUT2D eigenvalue weighted by Crippen LogP contribution is 2.24. The molecule has 1 aliphatic rings. The van der Waals surface area contributed by atoms with E-state index in [0.717, 1.165) is 30.7 Å². The number of aryl methyl sites for hydroxylation is 1. The molecule has 0 bridgehead atoms. The van der Waals surface area contributed by atoms with Crippen molar-refractivity contribution in [2.24, 2.45) is 0 Å². The zero-order valence-electron chi connectivity index (χ0n) is 13.5. The Hall–Kier alpha value is -2.67. The maximum atomic E-state index is 5.36. The molecule has 7 nitrogen and oxygen atoms in total. The van der Waals surface area contributed by atoms with Crippen LogP contribution in [0.2, 0.25) is 0 Å². The van der Waals surface area contributed by atoms with Gasteiger partial charge in [0.25, 0.3) is 0 Å². The van der Waals surface area contributed by atoms with Gasteiger partial charge in [-0.2, -0.15) is 10.1 Å². The third-order valence-electron chi connectivity index (χ3n) is 4.29. The molecule has 0 saturated carbocycles. The lowest BCUT2D eigenvalue weighted by molar-refractivity contribution is 0.330. The van der Waals surface area contributed by atoms with Crippen molar-refractivity contribution in [2.45, 2.75) is 32.0 Å². The molecule has 124 valence electrons. The Labute approximate surface area is 139 Å². The number of nitrogens with zero attached hydrogens (tertiary/aromatic N) is 4. The Kier molecular flexibility index (Phi) is 4.00. The molecular weight excluding hydrogens is 306 g/mol. The molecule has 3 heterocycles. The minimum absolute atomic E-state index is 0.276. The molecule has 1 N–H and O–H groups in total. The molecule has 24 heavy (non-hydrogen) atoms. The van der Waals surface area contributed by atoms with Gasteiger partial charge in [-0.1, -0.05) is 5.16 Å². The van der Waals surface area contributed by atoms with Crippen LogP contribution in [0.5, 0.6) is 5.75 Å². The van der Waals surface area contributed by atoms with Crippen LogP contribution in [-0.2, 0) is 13.1 Å². The van der Waals surface area contributed by atoms with Crippen molar-refractivity contribution < 1.29 is 9.26 Å². The zero-order chi connectivity index (χ0) is 16.4. The van der Waals surface area contributed by atoms with E-state index >= 15 is 0 Å². The van der Waals surface area contributed by atoms with Crippen LogP contribution in [0, 0.1) is 0 Å². The number of fused-ring (bicyclic) bond motifs is 1. The fourth-order valence-corrected chi connectivity index (χ4v) is 3.02. The van der Waals surface area contributed by atoms with Gasteiger partial charge < -0.3 is 14.6 Å². The third kappa shape index (κ3) is 2.90. The summed E-state index contributed by atoms with van der Waals surface area (Å²) >= 11 is 0. The molecule has 0 aliphatic carbocycles. The maximum Gasteiger partial charge on any atom is 0.240 e. The lowest BCUT2D eigenvalue weighted by Crippen LogP contribution is -2.27. The van der Waals surface area contributed by atoms with Crippen LogP contribution >= 0.6 is 0 Å². The predicted molar refractivity (Wildman–Crippen MR) is 87.3 cm³/mol. The summed E-state index contributed by atoms with van der Waals surface area (Å²) in [6.07, 6.45) is 4.06. The van der Waals surface area contributed by atoms with Crippen molar-refractivity contribution in [3.05, 3.63) is 48.1 Å². The Morgan fingerprint density at radius 1 is 1.29 bits per heavy atom. The number of hydrogen-bond acceptors (Lipinski definition) is 6. The maximum absolute atomic E-state index is 5.36. The van der Waals surface area contributed by atoms with Crippen LogP contribution in [-0.4, -0.2) is 27.0 Å². The molecule has 3 aromatic rings. The summed E-state index contributed by atoms with van der Waals surface area (Å²) in [5.41, 5.74) is 2.12. The molecule has 4 rings (SSSR count). The van der Waals surface area contributed by atoms with E-state index in [1.54, 1.807) is 7.11 Å². The van der Waals surface area contributed by atoms with Crippen LogP contribution in [0.25, 0.3) is 11.4 Å². The predicted octanol–water partition coefficient (Wildman–Crippen LogP) is 2.57. The highest BCUT2D eigenvalue weighted by atomic mass is 16.5. The van der Waals surface area contributed by atoms with Gasteiger partial charge >= 0.3 is 0 Å². The van der Waals surface area contributed by atoms with E-state index in [9.17, 15) is 0 Å². The standard InChI is InChI=1S/C17H19N5O2/c1-23-13-6-4-12(5-7-13)17-20-16(24-21-17)11-18-14-3-2-10-22-15(14)8-9-19-22/h4-9,14,18H,2-3,10-11H2,1H3. The van der Waals surface area contributed by atoms with Gasteiger partial charge in [0.15, 0.2) is 0 Å². The fraction of sp³-hybridized carbons (Fsp3) is 0.353. The van der Waals surface area contributed by atoms with Gasteiger partial charge in [0, 0.05) is 24.3 Å². The van der Waals surface area contributed by atoms with E-state index in [4.69, 9.17) is 9.26 Å². The summed E-state index contributed by atoms with van der Waals surface area (Å²) in [7, 11) is 1.64. The monoisotopic (exact) mass is 325 g/mol. The largest absolute Gasteiger partial charge is 0.497 e. The second-order valence-electron chi connectivity index (χ2n) is 5.80. The Morgan fingerprint density at radius 3 is 3.00 bits per heavy atom. The third-order valence-corrected chi connectivity index (χ3v) is 4.29. The summed E-state index contributed by atoms with van der Waals surface area (Å²) in [5, 5.41) is 11.9. The van der Waals surface area contributed by atoms with Crippen LogP contribution in [0.1, 0.15) is 30.5 Å². The SMILES string of the molecule is COc1ccc(-c2noc(CNC3CCCn4nccc43)n2)cc1. The smallest absolute Gasteiger partial charge is 0.240 e. The van der Waals surface area contributed by atoms with Gasteiger partial charge in [0.05, 0.1) is 19.3 Å². The second-order valence-corrected chi connectivity index (χ2v) is 5.80. The van der Waals surface area contributed by atoms with Crippen molar-refractivity contribution in [1.29, 1.82) is 0 Å². The Bertz CT molecular complexity index is 809. The summed E-state index contributed by atoms with van der Waals surface area (Å²) in [4.78, 5) is 4.46. The molecule has 0 spiro atoms. The van der Waals surface area contributed by atoms with Crippen molar-refractivity contribution in [1.82, 2.24) is 25.2 Å². The van der Waals surface area contributed by atoms with E-state index in [1.165, 1.54) is 5.69 Å². The second kappa shape index (κ2) is 6.45. The molecule has 2 aromatic heterocycles. The van der Waals surface area contributed by atoms with Gasteiger partial charge in [0.1, 0.15) is 5.75 Å². The summed E-state index contributed by atoms with van der Waals surface area (Å²) in [5.74, 6) is 1.97. The first-order valence-corrected chi connectivity index (χ1v) is 8.05. The van der Waals surface area contributed by atoms with Gasteiger partial charge in [-0.25, -0.2) is 0 Å². The van der Waals surface area contributed by atoms with Gasteiger partial charge in [0.2, 0.25) is 11.7 Å². The van der Waals surface area contributed by atoms with Crippen LogP contribution < -0.4 is 10.1 Å². The van der Waals surface area contributed by atoms with E-state index in [2.05, 4.69) is 31.3 Å². The lowest BCUT2D eigenvalue weighted by atomic mass is 10.0. The highest BCUT2D eigenvalue weighted by molar-refractivity contribution is 5.55. The summed E-state index contributed by atoms with van der Waals surface area (Å²) < 4.78 is 12.6. The highest BCUT2D eigenvalue weighted by Gasteiger charge is 2.21. The number of hydrogen-bond donors (Lipinski definition) is 1. The van der Waals surface area contributed by atoms with E-state index in [-0.39, 0.29) is 6.04 Å². The number of nitrogens with one attached hydrogen (secondary N) is 1. The molecule has 0 amide bonds. The van der Waals surface area contributed by atoms with E-state index in [0.29, 0.717) is 18.3 Å². The number of benzene rings is 1. The van der Waals surface area contributed by atoms with Crippen molar-refractivity contribution in [3.63, 3.8) is 0 Å². The van der Waals surface area contributed by atoms with Crippen LogP contribution in [0.15, 0.2) is 41.1 Å². The molecule has 1 unspecified atom stereocenters. The quantitative estimate of drug-likeness (QED) is 0.777. The molecule has 1 atom stereocenters. The van der Waals surface area contributed by atoms with Crippen molar-refractivity contribution in [3.8, 4) is 17.1 Å². The number of ether oxygens (including phenoxy) is 1. The first-order chi connectivity index (χ1) is 11.8. The Balaban J connectivity index is 1.42. The minimum atomic E-state index is 0.276. The molecular formula is C17H19N5O2. The zero-order valence-corrected chi connectivity index (χ0v) is 13.5. The van der Waals surface area contributed by atoms with E-state index < -0.39 is 0 Å². The molecule has 0 saturated heterocycles. The molecule has 7 heteroatoms. The van der Waals surface area contributed by atoms with Crippen molar-refractivity contribution >= 4 is 0 Å². The van der Waals surface area contributed by atoms with Gasteiger partial charge in [-0.15, -0.1) is 0 Å². The van der Waals surface area contributed by atoms with Crippen LogP contribution in [0.3, 0.4) is 0 Å². The molecule has 1 aromatic carbocycles. The number of methoxy groups -OCH3 is 1. The molecule has 0 radical (unpaired) electrons.